The fourth-order valence-corrected chi connectivity index (χ4v) is 2.31. The highest BCUT2D eigenvalue weighted by Gasteiger charge is 2.22. The Morgan fingerprint density at radius 1 is 1.44 bits per heavy atom. The molecule has 1 N–H and O–H groups in total. The fourth-order valence-electron chi connectivity index (χ4n) is 2.31. The van der Waals surface area contributed by atoms with Crippen LogP contribution in [-0.4, -0.2) is 5.91 Å². The molecule has 1 atom stereocenters. The van der Waals surface area contributed by atoms with Crippen LogP contribution in [-0.2, 0) is 11.2 Å². The van der Waals surface area contributed by atoms with Crippen molar-refractivity contribution in [2.45, 2.75) is 45.1 Å². The van der Waals surface area contributed by atoms with Crippen molar-refractivity contribution < 1.29 is 4.79 Å². The number of hydrogen-bond donors (Lipinski definition) is 1. The van der Waals surface area contributed by atoms with Gasteiger partial charge in [-0.3, -0.25) is 4.79 Å². The van der Waals surface area contributed by atoms with Crippen molar-refractivity contribution in [1.82, 2.24) is 5.32 Å². The third-order valence-electron chi connectivity index (χ3n) is 3.23. The molecule has 0 saturated heterocycles. The van der Waals surface area contributed by atoms with E-state index in [1.807, 2.05) is 0 Å². The molecular formula is C14H19NO. The number of fused-ring (bicyclic) bond motifs is 1. The molecule has 1 aliphatic rings. The summed E-state index contributed by atoms with van der Waals surface area (Å²) in [5.41, 5.74) is 2.70. The maximum absolute atomic E-state index is 11.7. The molecule has 1 aromatic rings. The van der Waals surface area contributed by atoms with Crippen molar-refractivity contribution in [3.63, 3.8) is 0 Å². The monoisotopic (exact) mass is 217 g/mol. The summed E-state index contributed by atoms with van der Waals surface area (Å²) in [5.74, 6) is 0.198. The molecule has 0 bridgehead atoms. The second-order valence-corrected chi connectivity index (χ2v) is 4.46. The van der Waals surface area contributed by atoms with Gasteiger partial charge in [-0.05, 0) is 30.4 Å². The van der Waals surface area contributed by atoms with Gasteiger partial charge in [-0.2, -0.15) is 0 Å². The highest BCUT2D eigenvalue weighted by Crippen LogP contribution is 2.30. The maximum Gasteiger partial charge on any atom is 0.220 e. The van der Waals surface area contributed by atoms with Crippen LogP contribution in [0.1, 0.15) is 49.8 Å². The number of carbonyl (C=O) groups is 1. The molecule has 16 heavy (non-hydrogen) atoms. The first-order valence-corrected chi connectivity index (χ1v) is 6.18. The van der Waals surface area contributed by atoms with E-state index in [2.05, 4.69) is 36.5 Å². The first-order chi connectivity index (χ1) is 7.81. The minimum absolute atomic E-state index is 0.198. The van der Waals surface area contributed by atoms with Crippen molar-refractivity contribution in [3.8, 4) is 0 Å². The third-order valence-corrected chi connectivity index (χ3v) is 3.23. The molecule has 0 heterocycles. The zero-order valence-electron chi connectivity index (χ0n) is 9.83. The summed E-state index contributed by atoms with van der Waals surface area (Å²) < 4.78 is 0. The van der Waals surface area contributed by atoms with E-state index in [0.29, 0.717) is 6.42 Å². The molecule has 0 aromatic heterocycles. The van der Waals surface area contributed by atoms with E-state index in [4.69, 9.17) is 0 Å². The van der Waals surface area contributed by atoms with Gasteiger partial charge in [0, 0.05) is 6.42 Å². The van der Waals surface area contributed by atoms with E-state index in [1.54, 1.807) is 0 Å². The number of unbranched alkanes of at least 4 members (excludes halogenated alkanes) is 1. The zero-order valence-corrected chi connectivity index (χ0v) is 9.83. The Labute approximate surface area is 97.1 Å². The first kappa shape index (κ1) is 11.2. The predicted molar refractivity (Wildman–Crippen MR) is 65.2 cm³/mol. The second-order valence-electron chi connectivity index (χ2n) is 4.46. The van der Waals surface area contributed by atoms with Crippen LogP contribution in [0.3, 0.4) is 0 Å². The second kappa shape index (κ2) is 5.15. The van der Waals surface area contributed by atoms with Crippen LogP contribution >= 0.6 is 0 Å². The molecule has 2 heteroatoms. The Bertz CT molecular complexity index is 373. The summed E-state index contributed by atoms with van der Waals surface area (Å²) in [5, 5.41) is 3.13. The molecule has 1 aromatic carbocycles. The predicted octanol–water partition coefficient (Wildman–Crippen LogP) is 2.98. The third kappa shape index (κ3) is 2.43. The molecule has 0 fully saturated rings. The lowest BCUT2D eigenvalue weighted by Crippen LogP contribution is -2.26. The summed E-state index contributed by atoms with van der Waals surface area (Å²) in [6.07, 6.45) is 4.87. The van der Waals surface area contributed by atoms with Crippen LogP contribution in [0.4, 0.5) is 0 Å². The molecule has 2 nitrogen and oxygen atoms in total. The lowest BCUT2D eigenvalue weighted by atomic mass is 10.1. The average Bonchev–Trinajstić information content (AvgIpc) is 2.70. The van der Waals surface area contributed by atoms with Crippen LogP contribution in [0.15, 0.2) is 24.3 Å². The fraction of sp³-hybridized carbons (Fsp3) is 0.500. The summed E-state index contributed by atoms with van der Waals surface area (Å²) in [7, 11) is 0. The van der Waals surface area contributed by atoms with Gasteiger partial charge >= 0.3 is 0 Å². The number of amides is 1. The summed E-state index contributed by atoms with van der Waals surface area (Å²) >= 11 is 0. The molecule has 1 aliphatic carbocycles. The number of aryl methyl sites for hydroxylation is 1. The summed E-state index contributed by atoms with van der Waals surface area (Å²) in [4.78, 5) is 11.7. The summed E-state index contributed by atoms with van der Waals surface area (Å²) in [6.45, 7) is 2.11. The molecule has 0 saturated carbocycles. The molecule has 86 valence electrons. The van der Waals surface area contributed by atoms with Crippen LogP contribution in [0, 0.1) is 0 Å². The van der Waals surface area contributed by atoms with Crippen LogP contribution in [0.25, 0.3) is 0 Å². The Balaban J connectivity index is 1.95. The largest absolute Gasteiger partial charge is 0.349 e. The van der Waals surface area contributed by atoms with Gasteiger partial charge in [-0.15, -0.1) is 0 Å². The standard InChI is InChI=1S/C14H19NO/c1-2-3-8-14(16)15-13-10-9-11-6-4-5-7-12(11)13/h4-7,13H,2-3,8-10H2,1H3,(H,15,16). The van der Waals surface area contributed by atoms with Gasteiger partial charge in [0.2, 0.25) is 5.91 Å². The Morgan fingerprint density at radius 2 is 2.25 bits per heavy atom. The lowest BCUT2D eigenvalue weighted by molar-refractivity contribution is -0.121. The highest BCUT2D eigenvalue weighted by molar-refractivity contribution is 5.76. The number of hydrogen-bond acceptors (Lipinski definition) is 1. The van der Waals surface area contributed by atoms with Crippen molar-refractivity contribution in [2.75, 3.05) is 0 Å². The smallest absolute Gasteiger partial charge is 0.220 e. The summed E-state index contributed by atoms with van der Waals surface area (Å²) in [6, 6.07) is 8.66. The maximum atomic E-state index is 11.7. The van der Waals surface area contributed by atoms with Gasteiger partial charge in [0.1, 0.15) is 0 Å². The number of benzene rings is 1. The number of rotatable bonds is 4. The molecule has 0 aliphatic heterocycles. The van der Waals surface area contributed by atoms with E-state index in [1.165, 1.54) is 11.1 Å². The zero-order chi connectivity index (χ0) is 11.4. The molecule has 0 radical (unpaired) electrons. The van der Waals surface area contributed by atoms with E-state index in [-0.39, 0.29) is 11.9 Å². The number of nitrogens with one attached hydrogen (secondary N) is 1. The molecule has 0 spiro atoms. The quantitative estimate of drug-likeness (QED) is 0.825. The van der Waals surface area contributed by atoms with Crippen molar-refractivity contribution in [3.05, 3.63) is 35.4 Å². The van der Waals surface area contributed by atoms with Crippen LogP contribution in [0.5, 0.6) is 0 Å². The number of carbonyl (C=O) groups excluding carboxylic acids is 1. The Hall–Kier alpha value is -1.31. The highest BCUT2D eigenvalue weighted by atomic mass is 16.1. The van der Waals surface area contributed by atoms with Gasteiger partial charge in [-0.25, -0.2) is 0 Å². The molecule has 1 unspecified atom stereocenters. The van der Waals surface area contributed by atoms with Crippen molar-refractivity contribution >= 4 is 5.91 Å². The van der Waals surface area contributed by atoms with Gasteiger partial charge in [-0.1, -0.05) is 37.6 Å². The van der Waals surface area contributed by atoms with Gasteiger partial charge in [0.15, 0.2) is 0 Å². The molecular weight excluding hydrogens is 198 g/mol. The molecule has 1 amide bonds. The topological polar surface area (TPSA) is 29.1 Å². The van der Waals surface area contributed by atoms with Crippen molar-refractivity contribution in [2.24, 2.45) is 0 Å². The minimum Gasteiger partial charge on any atom is -0.349 e. The van der Waals surface area contributed by atoms with E-state index < -0.39 is 0 Å². The lowest BCUT2D eigenvalue weighted by Gasteiger charge is -2.13. The SMILES string of the molecule is CCCCC(=O)NC1CCc2ccccc21. The van der Waals surface area contributed by atoms with E-state index in [0.717, 1.165) is 25.7 Å². The van der Waals surface area contributed by atoms with Gasteiger partial charge in [0.25, 0.3) is 0 Å². The average molecular weight is 217 g/mol. The van der Waals surface area contributed by atoms with Crippen molar-refractivity contribution in [1.29, 1.82) is 0 Å². The van der Waals surface area contributed by atoms with E-state index in [9.17, 15) is 4.79 Å². The molecule has 2 rings (SSSR count). The van der Waals surface area contributed by atoms with Gasteiger partial charge in [0.05, 0.1) is 6.04 Å². The normalized spacial score (nSPS) is 18.2. The van der Waals surface area contributed by atoms with Gasteiger partial charge < -0.3 is 5.32 Å². The Kier molecular flexibility index (Phi) is 3.60. The van der Waals surface area contributed by atoms with E-state index >= 15 is 0 Å². The van der Waals surface area contributed by atoms with Crippen LogP contribution < -0.4 is 5.32 Å². The minimum atomic E-state index is 0.198. The Morgan fingerprint density at radius 3 is 3.06 bits per heavy atom. The first-order valence-electron chi connectivity index (χ1n) is 6.18. The van der Waals surface area contributed by atoms with Crippen LogP contribution in [0.2, 0.25) is 0 Å².